The first-order valence-corrected chi connectivity index (χ1v) is 9.05. The van der Waals surface area contributed by atoms with Crippen LogP contribution in [0.15, 0.2) is 24.3 Å². The van der Waals surface area contributed by atoms with Crippen LogP contribution in [0.25, 0.3) is 0 Å². The van der Waals surface area contributed by atoms with Gasteiger partial charge in [0.1, 0.15) is 5.75 Å². The van der Waals surface area contributed by atoms with Gasteiger partial charge in [-0.15, -0.1) is 0 Å². The third-order valence-electron chi connectivity index (χ3n) is 4.56. The highest BCUT2D eigenvalue weighted by Crippen LogP contribution is 2.20. The molecule has 0 bridgehead atoms. The number of carbonyl (C=O) groups is 1. The molecule has 1 heterocycles. The van der Waals surface area contributed by atoms with Gasteiger partial charge in [-0.25, -0.2) is 4.79 Å². The lowest BCUT2D eigenvalue weighted by Gasteiger charge is -2.37. The molecule has 1 aromatic rings. The predicted octanol–water partition coefficient (Wildman–Crippen LogP) is 2.08. The summed E-state index contributed by atoms with van der Waals surface area (Å²) in [5.41, 5.74) is 1.03. The minimum Gasteiger partial charge on any atom is -0.491 e. The molecular weight excluding hydrogens is 316 g/mol. The molecule has 0 radical (unpaired) electrons. The maximum absolute atomic E-state index is 12.2. The van der Waals surface area contributed by atoms with Crippen LogP contribution in [-0.4, -0.2) is 68.3 Å². The van der Waals surface area contributed by atoms with Gasteiger partial charge in [0.05, 0.1) is 12.1 Å². The number of benzene rings is 1. The second kappa shape index (κ2) is 9.06. The number of nitrogens with zero attached hydrogens (tertiary/aromatic N) is 2. The van der Waals surface area contributed by atoms with Crippen molar-refractivity contribution in [3.8, 4) is 5.75 Å². The summed E-state index contributed by atoms with van der Waals surface area (Å²) in [5.74, 6) is 0.827. The molecule has 1 aromatic carbocycles. The fraction of sp³-hybridized carbons (Fsp3) is 0.632. The highest BCUT2D eigenvalue weighted by Gasteiger charge is 2.22. The van der Waals surface area contributed by atoms with E-state index in [9.17, 15) is 4.79 Å². The molecule has 0 saturated carbocycles. The van der Waals surface area contributed by atoms with E-state index >= 15 is 0 Å². The lowest BCUT2D eigenvalue weighted by molar-refractivity contribution is 0.114. The number of carbonyl (C=O) groups excluding carboxylic acids is 1. The van der Waals surface area contributed by atoms with E-state index in [0.717, 1.165) is 30.9 Å². The molecule has 0 spiro atoms. The molecule has 2 rings (SSSR count). The minimum atomic E-state index is -0.135. The number of likely N-dealkylation sites (N-methyl/N-ethyl adjacent to an activating group) is 2. The summed E-state index contributed by atoms with van der Waals surface area (Å²) in [7, 11) is 4.23. The summed E-state index contributed by atoms with van der Waals surface area (Å²) in [6.07, 6.45) is 0.132. The predicted molar refractivity (Wildman–Crippen MR) is 101 cm³/mol. The van der Waals surface area contributed by atoms with Gasteiger partial charge in [-0.05, 0) is 52.6 Å². The SMILES string of the molecule is CC(C)Oc1cccc([C@@H](C)NC(=O)NC[C@@H]2CN(C)CCN2C)c1. The zero-order valence-electron chi connectivity index (χ0n) is 16.1. The first kappa shape index (κ1) is 19.5. The number of ether oxygens (including phenoxy) is 1. The molecular formula is C19H32N4O2. The van der Waals surface area contributed by atoms with E-state index in [1.54, 1.807) is 0 Å². The molecule has 2 amide bonds. The van der Waals surface area contributed by atoms with Crippen LogP contribution in [0.4, 0.5) is 4.79 Å². The third kappa shape index (κ3) is 6.21. The summed E-state index contributed by atoms with van der Waals surface area (Å²) in [4.78, 5) is 16.8. The molecule has 6 nitrogen and oxygen atoms in total. The van der Waals surface area contributed by atoms with Crippen molar-refractivity contribution >= 4 is 6.03 Å². The average Bonchev–Trinajstić information content (AvgIpc) is 2.55. The molecule has 1 aliphatic heterocycles. The quantitative estimate of drug-likeness (QED) is 0.826. The fourth-order valence-corrected chi connectivity index (χ4v) is 2.99. The van der Waals surface area contributed by atoms with E-state index in [0.29, 0.717) is 12.6 Å². The third-order valence-corrected chi connectivity index (χ3v) is 4.56. The van der Waals surface area contributed by atoms with Crippen molar-refractivity contribution in [1.82, 2.24) is 20.4 Å². The molecule has 6 heteroatoms. The Morgan fingerprint density at radius 3 is 2.76 bits per heavy atom. The number of amides is 2. The summed E-state index contributed by atoms with van der Waals surface area (Å²) in [6.45, 7) is 9.71. The summed E-state index contributed by atoms with van der Waals surface area (Å²) in [6, 6.07) is 8.01. The Labute approximate surface area is 151 Å². The molecule has 140 valence electrons. The molecule has 1 fully saturated rings. The van der Waals surface area contributed by atoms with Crippen LogP contribution >= 0.6 is 0 Å². The van der Waals surface area contributed by atoms with Crippen LogP contribution < -0.4 is 15.4 Å². The first-order valence-electron chi connectivity index (χ1n) is 9.05. The van der Waals surface area contributed by atoms with Crippen LogP contribution in [0.5, 0.6) is 5.75 Å². The molecule has 2 N–H and O–H groups in total. The van der Waals surface area contributed by atoms with Crippen molar-refractivity contribution in [1.29, 1.82) is 0 Å². The van der Waals surface area contributed by atoms with Crippen LogP contribution in [0.1, 0.15) is 32.4 Å². The van der Waals surface area contributed by atoms with E-state index in [1.807, 2.05) is 45.0 Å². The Morgan fingerprint density at radius 1 is 1.28 bits per heavy atom. The molecule has 0 aliphatic carbocycles. The Hall–Kier alpha value is -1.79. The van der Waals surface area contributed by atoms with E-state index in [1.165, 1.54) is 0 Å². The fourth-order valence-electron chi connectivity index (χ4n) is 2.99. The van der Waals surface area contributed by atoms with E-state index in [4.69, 9.17) is 4.74 Å². The number of hydrogen-bond donors (Lipinski definition) is 2. The van der Waals surface area contributed by atoms with E-state index < -0.39 is 0 Å². The number of urea groups is 1. The van der Waals surface area contributed by atoms with Crippen molar-refractivity contribution in [2.45, 2.75) is 39.0 Å². The smallest absolute Gasteiger partial charge is 0.315 e. The van der Waals surface area contributed by atoms with Gasteiger partial charge < -0.3 is 20.3 Å². The van der Waals surface area contributed by atoms with Gasteiger partial charge >= 0.3 is 6.03 Å². The van der Waals surface area contributed by atoms with Gasteiger partial charge in [0.25, 0.3) is 0 Å². The molecule has 0 aromatic heterocycles. The zero-order chi connectivity index (χ0) is 18.4. The number of nitrogens with one attached hydrogen (secondary N) is 2. The van der Waals surface area contributed by atoms with Crippen LogP contribution in [0, 0.1) is 0 Å². The second-order valence-electron chi connectivity index (χ2n) is 7.21. The van der Waals surface area contributed by atoms with Crippen LogP contribution in [0.2, 0.25) is 0 Å². The maximum Gasteiger partial charge on any atom is 0.315 e. The van der Waals surface area contributed by atoms with E-state index in [2.05, 4.69) is 34.5 Å². The highest BCUT2D eigenvalue weighted by molar-refractivity contribution is 5.74. The summed E-state index contributed by atoms with van der Waals surface area (Å²) >= 11 is 0. The number of hydrogen-bond acceptors (Lipinski definition) is 4. The molecule has 1 saturated heterocycles. The Bertz CT molecular complexity index is 564. The van der Waals surface area contributed by atoms with Crippen LogP contribution in [-0.2, 0) is 0 Å². The number of rotatable bonds is 6. The molecule has 2 atom stereocenters. The summed E-state index contributed by atoms with van der Waals surface area (Å²) < 4.78 is 5.72. The number of piperazine rings is 1. The average molecular weight is 348 g/mol. The van der Waals surface area contributed by atoms with Gasteiger partial charge in [0.2, 0.25) is 0 Å². The molecule has 1 aliphatic rings. The van der Waals surface area contributed by atoms with Crippen molar-refractivity contribution in [2.75, 3.05) is 40.3 Å². The van der Waals surface area contributed by atoms with Crippen molar-refractivity contribution < 1.29 is 9.53 Å². The Kier molecular flexibility index (Phi) is 7.08. The van der Waals surface area contributed by atoms with Gasteiger partial charge in [-0.2, -0.15) is 0 Å². The van der Waals surface area contributed by atoms with Crippen LogP contribution in [0.3, 0.4) is 0 Å². The normalized spacial score (nSPS) is 20.3. The Morgan fingerprint density at radius 2 is 2.04 bits per heavy atom. The monoisotopic (exact) mass is 348 g/mol. The van der Waals surface area contributed by atoms with Crippen molar-refractivity contribution in [3.63, 3.8) is 0 Å². The maximum atomic E-state index is 12.2. The standard InChI is InChI=1S/C19H32N4O2/c1-14(2)25-18-8-6-7-16(11-18)15(3)21-19(24)20-12-17-13-22(4)9-10-23(17)5/h6-8,11,14-15,17H,9-10,12-13H2,1-5H3,(H2,20,21,24)/t15-,17-/m1/s1. The van der Waals surface area contributed by atoms with Gasteiger partial charge in [0.15, 0.2) is 0 Å². The topological polar surface area (TPSA) is 56.8 Å². The van der Waals surface area contributed by atoms with Gasteiger partial charge in [-0.3, -0.25) is 4.90 Å². The van der Waals surface area contributed by atoms with Crippen molar-refractivity contribution in [3.05, 3.63) is 29.8 Å². The lowest BCUT2D eigenvalue weighted by atomic mass is 10.1. The molecule has 25 heavy (non-hydrogen) atoms. The zero-order valence-corrected chi connectivity index (χ0v) is 16.1. The van der Waals surface area contributed by atoms with Gasteiger partial charge in [0, 0.05) is 32.2 Å². The van der Waals surface area contributed by atoms with Gasteiger partial charge in [-0.1, -0.05) is 12.1 Å². The second-order valence-corrected chi connectivity index (χ2v) is 7.21. The van der Waals surface area contributed by atoms with Crippen molar-refractivity contribution in [2.24, 2.45) is 0 Å². The Balaban J connectivity index is 1.83. The van der Waals surface area contributed by atoms with E-state index in [-0.39, 0.29) is 18.2 Å². The summed E-state index contributed by atoms with van der Waals surface area (Å²) in [5, 5.41) is 6.01. The lowest BCUT2D eigenvalue weighted by Crippen LogP contribution is -2.55. The highest BCUT2D eigenvalue weighted by atomic mass is 16.5. The first-order chi connectivity index (χ1) is 11.8. The minimum absolute atomic E-state index is 0.0810. The largest absolute Gasteiger partial charge is 0.491 e. The molecule has 0 unspecified atom stereocenters.